The Bertz CT molecular complexity index is 850. The highest BCUT2D eigenvalue weighted by atomic mass is 32.2. The van der Waals surface area contributed by atoms with Crippen LogP contribution in [-0.2, 0) is 11.3 Å². The molecular formula is C18H17N2O2S-. The first-order valence-electron chi connectivity index (χ1n) is 7.23. The molecule has 4 nitrogen and oxygen atoms in total. The van der Waals surface area contributed by atoms with E-state index in [1.807, 2.05) is 73.6 Å². The van der Waals surface area contributed by atoms with E-state index >= 15 is 0 Å². The highest BCUT2D eigenvalue weighted by Gasteiger charge is 2.14. The molecule has 0 aromatic heterocycles. The van der Waals surface area contributed by atoms with Crippen LogP contribution in [-0.4, -0.2) is 22.9 Å². The Kier molecular flexibility index (Phi) is 4.32. The lowest BCUT2D eigenvalue weighted by atomic mass is 10.1. The second-order valence-corrected chi connectivity index (χ2v) is 6.19. The molecule has 0 amide bonds. The van der Waals surface area contributed by atoms with Gasteiger partial charge in [0.05, 0.1) is 22.6 Å². The molecule has 0 spiro atoms. The summed E-state index contributed by atoms with van der Waals surface area (Å²) in [4.78, 5) is 2.02. The number of para-hydroxylation sites is 1. The molecule has 23 heavy (non-hydrogen) atoms. The van der Waals surface area contributed by atoms with E-state index in [1.54, 1.807) is 12.1 Å². The van der Waals surface area contributed by atoms with Crippen molar-refractivity contribution >= 4 is 39.1 Å². The summed E-state index contributed by atoms with van der Waals surface area (Å²) in [5, 5.41) is 1.91. The molecule has 0 heterocycles. The SMILES string of the molecule is CN(C)c1cccc2c(N(c3ccccc3)S(=O)[O-])cccc12. The molecule has 3 aromatic carbocycles. The number of nitrogens with zero attached hydrogens (tertiary/aromatic N) is 2. The number of benzene rings is 3. The standard InChI is InChI=1S/C18H18N2O2S/c1-19(2)17-12-6-11-16-15(17)10-7-13-18(16)20(23(21)22)14-8-4-3-5-9-14/h3-13H,1-2H3,(H,21,22)/p-1. The lowest BCUT2D eigenvalue weighted by molar-refractivity contribution is 0.537. The van der Waals surface area contributed by atoms with Gasteiger partial charge in [0, 0.05) is 30.6 Å². The molecule has 0 aliphatic rings. The topological polar surface area (TPSA) is 46.6 Å². The maximum absolute atomic E-state index is 11.9. The van der Waals surface area contributed by atoms with E-state index in [1.165, 1.54) is 4.31 Å². The van der Waals surface area contributed by atoms with Gasteiger partial charge in [0.25, 0.3) is 0 Å². The van der Waals surface area contributed by atoms with Gasteiger partial charge < -0.3 is 9.45 Å². The molecule has 0 N–H and O–H groups in total. The third-order valence-corrected chi connectivity index (χ3v) is 4.42. The fourth-order valence-electron chi connectivity index (χ4n) is 2.71. The van der Waals surface area contributed by atoms with Crippen LogP contribution in [0.2, 0.25) is 0 Å². The highest BCUT2D eigenvalue weighted by Crippen LogP contribution is 2.36. The van der Waals surface area contributed by atoms with Gasteiger partial charge in [-0.2, -0.15) is 0 Å². The summed E-state index contributed by atoms with van der Waals surface area (Å²) in [6, 6.07) is 20.7. The van der Waals surface area contributed by atoms with E-state index < -0.39 is 11.3 Å². The summed E-state index contributed by atoms with van der Waals surface area (Å²) in [5.41, 5.74) is 2.31. The smallest absolute Gasteiger partial charge is 0.0617 e. The maximum Gasteiger partial charge on any atom is 0.0617 e. The van der Waals surface area contributed by atoms with Gasteiger partial charge in [-0.3, -0.25) is 8.51 Å². The molecule has 118 valence electrons. The first-order chi connectivity index (χ1) is 11.1. The van der Waals surface area contributed by atoms with Crippen molar-refractivity contribution in [3.05, 3.63) is 66.7 Å². The zero-order valence-corrected chi connectivity index (χ0v) is 13.8. The van der Waals surface area contributed by atoms with E-state index in [9.17, 15) is 8.76 Å². The van der Waals surface area contributed by atoms with E-state index in [4.69, 9.17) is 0 Å². The molecule has 1 atom stereocenters. The van der Waals surface area contributed by atoms with Gasteiger partial charge in [-0.25, -0.2) is 0 Å². The Morgan fingerprint density at radius 3 is 1.91 bits per heavy atom. The third kappa shape index (κ3) is 2.93. The summed E-state index contributed by atoms with van der Waals surface area (Å²) in [6.45, 7) is 0. The first kappa shape index (κ1) is 15.5. The summed E-state index contributed by atoms with van der Waals surface area (Å²) in [7, 11) is 3.95. The maximum atomic E-state index is 11.9. The van der Waals surface area contributed by atoms with Crippen LogP contribution < -0.4 is 9.21 Å². The number of rotatable bonds is 4. The fraction of sp³-hybridized carbons (Fsp3) is 0.111. The molecule has 0 bridgehead atoms. The molecule has 0 saturated carbocycles. The predicted molar refractivity (Wildman–Crippen MR) is 95.8 cm³/mol. The van der Waals surface area contributed by atoms with Crippen LogP contribution in [0.25, 0.3) is 10.8 Å². The van der Waals surface area contributed by atoms with Crippen molar-refractivity contribution in [3.8, 4) is 0 Å². The Morgan fingerprint density at radius 2 is 1.35 bits per heavy atom. The summed E-state index contributed by atoms with van der Waals surface area (Å²) >= 11 is -2.41. The normalized spacial score (nSPS) is 12.1. The van der Waals surface area contributed by atoms with Gasteiger partial charge in [0.1, 0.15) is 0 Å². The zero-order chi connectivity index (χ0) is 16.4. The van der Waals surface area contributed by atoms with Crippen molar-refractivity contribution in [2.45, 2.75) is 0 Å². The minimum atomic E-state index is -2.41. The Labute approximate surface area is 138 Å². The first-order valence-corrected chi connectivity index (χ1v) is 8.26. The summed E-state index contributed by atoms with van der Waals surface area (Å²) in [6.07, 6.45) is 0. The van der Waals surface area contributed by atoms with E-state index in [0.717, 1.165) is 16.5 Å². The van der Waals surface area contributed by atoms with Crippen LogP contribution >= 0.6 is 0 Å². The molecule has 0 aliphatic carbocycles. The number of hydrogen-bond acceptors (Lipinski definition) is 3. The molecule has 1 unspecified atom stereocenters. The molecule has 0 saturated heterocycles. The molecule has 0 radical (unpaired) electrons. The van der Waals surface area contributed by atoms with Crippen LogP contribution in [0.3, 0.4) is 0 Å². The lowest BCUT2D eigenvalue weighted by Gasteiger charge is -2.28. The van der Waals surface area contributed by atoms with Crippen molar-refractivity contribution in [3.63, 3.8) is 0 Å². The van der Waals surface area contributed by atoms with Crippen molar-refractivity contribution in [2.24, 2.45) is 0 Å². The number of hydrogen-bond donors (Lipinski definition) is 0. The average molecular weight is 325 g/mol. The second kappa shape index (κ2) is 6.40. The minimum absolute atomic E-state index is 0.614. The third-order valence-electron chi connectivity index (χ3n) is 3.72. The Morgan fingerprint density at radius 1 is 0.783 bits per heavy atom. The molecule has 3 rings (SSSR count). The Balaban J connectivity index is 2.26. The largest absolute Gasteiger partial charge is 0.755 e. The fourth-order valence-corrected chi connectivity index (χ4v) is 3.33. The van der Waals surface area contributed by atoms with Crippen molar-refractivity contribution < 1.29 is 8.76 Å². The molecule has 5 heteroatoms. The van der Waals surface area contributed by atoms with Crippen molar-refractivity contribution in [2.75, 3.05) is 23.3 Å². The van der Waals surface area contributed by atoms with Gasteiger partial charge in [0.2, 0.25) is 0 Å². The van der Waals surface area contributed by atoms with E-state index in [0.29, 0.717) is 11.4 Å². The van der Waals surface area contributed by atoms with Crippen LogP contribution in [0.5, 0.6) is 0 Å². The molecular weight excluding hydrogens is 308 g/mol. The number of anilines is 3. The van der Waals surface area contributed by atoms with E-state index in [-0.39, 0.29) is 0 Å². The lowest BCUT2D eigenvalue weighted by Crippen LogP contribution is -2.19. The van der Waals surface area contributed by atoms with Crippen molar-refractivity contribution in [1.29, 1.82) is 0 Å². The minimum Gasteiger partial charge on any atom is -0.755 e. The molecule has 3 aromatic rings. The van der Waals surface area contributed by atoms with Crippen LogP contribution in [0.1, 0.15) is 0 Å². The Hall–Kier alpha value is -2.37. The quantitative estimate of drug-likeness (QED) is 0.685. The van der Waals surface area contributed by atoms with Gasteiger partial charge in [0.15, 0.2) is 0 Å². The van der Waals surface area contributed by atoms with Gasteiger partial charge >= 0.3 is 0 Å². The zero-order valence-electron chi connectivity index (χ0n) is 13.0. The van der Waals surface area contributed by atoms with E-state index in [2.05, 4.69) is 0 Å². The van der Waals surface area contributed by atoms with Crippen molar-refractivity contribution in [1.82, 2.24) is 0 Å². The van der Waals surface area contributed by atoms with Gasteiger partial charge in [-0.1, -0.05) is 42.5 Å². The molecule has 0 aliphatic heterocycles. The van der Waals surface area contributed by atoms with Crippen LogP contribution in [0, 0.1) is 0 Å². The highest BCUT2D eigenvalue weighted by molar-refractivity contribution is 7.81. The predicted octanol–water partition coefficient (Wildman–Crippen LogP) is 3.84. The van der Waals surface area contributed by atoms with Gasteiger partial charge in [-0.15, -0.1) is 0 Å². The van der Waals surface area contributed by atoms with Gasteiger partial charge in [-0.05, 0) is 24.3 Å². The summed E-state index contributed by atoms with van der Waals surface area (Å²) < 4.78 is 25.1. The van der Waals surface area contributed by atoms with Crippen LogP contribution in [0.4, 0.5) is 17.1 Å². The average Bonchev–Trinajstić information content (AvgIpc) is 2.55. The second-order valence-electron chi connectivity index (χ2n) is 5.39. The van der Waals surface area contributed by atoms with Crippen LogP contribution in [0.15, 0.2) is 66.7 Å². The molecule has 0 fully saturated rings. The number of fused-ring (bicyclic) bond motifs is 1. The summed E-state index contributed by atoms with van der Waals surface area (Å²) in [5.74, 6) is 0. The monoisotopic (exact) mass is 325 g/mol.